The van der Waals surface area contributed by atoms with Crippen molar-refractivity contribution in [3.8, 4) is 0 Å². The average Bonchev–Trinajstić information content (AvgIpc) is 3.85. The first-order valence-electron chi connectivity index (χ1n) is 22.9. The molecule has 0 unspecified atom stereocenters. The number of rotatable bonds is 24. The minimum absolute atomic E-state index is 0.0244. The number of nitrogens with zero attached hydrogens (tertiary/aromatic N) is 6. The van der Waals surface area contributed by atoms with Gasteiger partial charge in [-0.3, -0.25) is 10.0 Å². The zero-order valence-corrected chi connectivity index (χ0v) is 37.1. The molecule has 6 aromatic carbocycles. The van der Waals surface area contributed by atoms with Crippen molar-refractivity contribution in [1.29, 1.82) is 0 Å². The van der Waals surface area contributed by atoms with Gasteiger partial charge in [0.15, 0.2) is 0 Å². The summed E-state index contributed by atoms with van der Waals surface area (Å²) in [7, 11) is 0. The minimum Gasteiger partial charge on any atom is -0.500 e. The molecule has 8 aromatic rings. The Bertz CT molecular complexity index is 2640. The summed E-state index contributed by atoms with van der Waals surface area (Å²) in [6.45, 7) is 11.9. The third kappa shape index (κ3) is 10.1. The van der Waals surface area contributed by atoms with Crippen LogP contribution in [0, 0.1) is 0 Å². The zero-order chi connectivity index (χ0) is 43.9. The lowest BCUT2D eigenvalue weighted by Gasteiger charge is -2.26. The summed E-state index contributed by atoms with van der Waals surface area (Å²) in [5.74, 6) is 0. The maximum Gasteiger partial charge on any atom is 0.111 e. The van der Waals surface area contributed by atoms with Crippen LogP contribution in [0.25, 0.3) is 43.6 Å². The van der Waals surface area contributed by atoms with Crippen LogP contribution in [0.1, 0.15) is 75.6 Å². The van der Waals surface area contributed by atoms with Gasteiger partial charge in [-0.15, -0.1) is 0 Å². The standard InChI is InChI=1S/C56H60N6O2/c1-4-7-8-9-10-11-18-31-56(61-52-29-21-19-27-48(52)50-40-44(32-34-54(50)61)42-57-59(36-38-63-5-2)46-23-14-12-15-24-46)62-53-30-22-20-28-49(53)51-41-45(33-35-55(51)62)43-58-60(37-39-64-6-3)47-25-16-13-17-26-47/h5-6,12-17,19-30,32-35,40-43,56H,2-4,7-11,18,31,36-39H2,1H3/b57-42+,58-43+. The van der Waals surface area contributed by atoms with Crippen LogP contribution in [-0.4, -0.2) is 47.9 Å². The fourth-order valence-corrected chi connectivity index (χ4v) is 8.93. The molecule has 64 heavy (non-hydrogen) atoms. The lowest BCUT2D eigenvalue weighted by Crippen LogP contribution is -2.21. The van der Waals surface area contributed by atoms with Crippen molar-refractivity contribution in [1.82, 2.24) is 9.13 Å². The summed E-state index contributed by atoms with van der Waals surface area (Å²) >= 11 is 0. The number of aromatic nitrogens is 2. The van der Waals surface area contributed by atoms with E-state index in [0.29, 0.717) is 26.3 Å². The van der Waals surface area contributed by atoms with Crippen LogP contribution in [0.2, 0.25) is 0 Å². The quantitative estimate of drug-likeness (QED) is 0.0263. The van der Waals surface area contributed by atoms with Crippen molar-refractivity contribution in [2.75, 3.05) is 36.3 Å². The van der Waals surface area contributed by atoms with Gasteiger partial charge in [-0.1, -0.05) is 144 Å². The van der Waals surface area contributed by atoms with Crippen molar-refractivity contribution >= 4 is 67.4 Å². The summed E-state index contributed by atoms with van der Waals surface area (Å²) in [6, 6.07) is 51.8. The molecule has 326 valence electrons. The molecule has 0 aliphatic heterocycles. The number of ether oxygens (including phenoxy) is 2. The van der Waals surface area contributed by atoms with Crippen LogP contribution in [0.3, 0.4) is 0 Å². The van der Waals surface area contributed by atoms with E-state index in [0.717, 1.165) is 35.3 Å². The molecule has 0 spiro atoms. The Labute approximate surface area is 378 Å². The second kappa shape index (κ2) is 21.8. The third-order valence-corrected chi connectivity index (χ3v) is 12.0. The zero-order valence-electron chi connectivity index (χ0n) is 37.1. The summed E-state index contributed by atoms with van der Waals surface area (Å²) < 4.78 is 16.2. The van der Waals surface area contributed by atoms with Crippen LogP contribution in [0.5, 0.6) is 0 Å². The molecule has 0 atom stereocenters. The second-order valence-electron chi connectivity index (χ2n) is 16.2. The summed E-state index contributed by atoms with van der Waals surface area (Å²) in [5.41, 5.74) is 8.96. The molecule has 2 heterocycles. The molecule has 0 fully saturated rings. The fourth-order valence-electron chi connectivity index (χ4n) is 8.93. The Kier molecular flexibility index (Phi) is 14.9. The Balaban J connectivity index is 1.21. The SMILES string of the molecule is C=COCCN(/N=C/c1ccc2c(c1)c1ccccc1n2C(CCCCCCCCC)n1c2ccccc2c2cc(/C=N/N(CCOC=C)c3ccccc3)ccc21)c1ccccc1. The number of fused-ring (bicyclic) bond motifs is 6. The van der Waals surface area contributed by atoms with Crippen LogP contribution in [-0.2, 0) is 9.47 Å². The van der Waals surface area contributed by atoms with E-state index in [1.807, 2.05) is 58.8 Å². The van der Waals surface area contributed by atoms with Gasteiger partial charge in [0.2, 0.25) is 0 Å². The average molecular weight is 849 g/mol. The highest BCUT2D eigenvalue weighted by molar-refractivity contribution is 6.11. The molecule has 0 bridgehead atoms. The molecular formula is C56H60N6O2. The van der Waals surface area contributed by atoms with Crippen LogP contribution in [0.4, 0.5) is 11.4 Å². The monoisotopic (exact) mass is 848 g/mol. The van der Waals surface area contributed by atoms with Gasteiger partial charge in [0, 0.05) is 21.5 Å². The van der Waals surface area contributed by atoms with E-state index in [9.17, 15) is 0 Å². The molecule has 8 heteroatoms. The molecule has 0 amide bonds. The van der Waals surface area contributed by atoms with Crippen LogP contribution in [0.15, 0.2) is 181 Å². The number of benzene rings is 6. The molecule has 0 N–H and O–H groups in total. The maximum atomic E-state index is 5.49. The van der Waals surface area contributed by atoms with E-state index < -0.39 is 0 Å². The number of unbranched alkanes of at least 4 members (excludes halogenated alkanes) is 6. The number of hydrogen-bond acceptors (Lipinski definition) is 6. The van der Waals surface area contributed by atoms with Gasteiger partial charge >= 0.3 is 0 Å². The molecule has 8 nitrogen and oxygen atoms in total. The molecule has 0 saturated carbocycles. The summed E-state index contributed by atoms with van der Waals surface area (Å²) in [5, 5.41) is 18.8. The number of hydrogen-bond donors (Lipinski definition) is 0. The van der Waals surface area contributed by atoms with Gasteiger partial charge in [-0.25, -0.2) is 0 Å². The Hall–Kier alpha value is -7.06. The van der Waals surface area contributed by atoms with Gasteiger partial charge < -0.3 is 18.6 Å². The topological polar surface area (TPSA) is 59.5 Å². The van der Waals surface area contributed by atoms with Gasteiger partial charge in [0.25, 0.3) is 0 Å². The first kappa shape index (κ1) is 43.6. The highest BCUT2D eigenvalue weighted by Gasteiger charge is 2.24. The van der Waals surface area contributed by atoms with Crippen molar-refractivity contribution in [3.05, 3.63) is 182 Å². The lowest BCUT2D eigenvalue weighted by molar-refractivity contribution is 0.258. The predicted molar refractivity (Wildman–Crippen MR) is 271 cm³/mol. The Morgan fingerprint density at radius 1 is 0.500 bits per heavy atom. The number of hydrazone groups is 2. The first-order valence-corrected chi connectivity index (χ1v) is 22.9. The molecule has 0 saturated heterocycles. The van der Waals surface area contributed by atoms with E-state index >= 15 is 0 Å². The molecule has 0 radical (unpaired) electrons. The van der Waals surface area contributed by atoms with E-state index in [2.05, 4.69) is 138 Å². The smallest absolute Gasteiger partial charge is 0.111 e. The van der Waals surface area contributed by atoms with Gasteiger partial charge in [-0.05, 0) is 84.6 Å². The van der Waals surface area contributed by atoms with Crippen molar-refractivity contribution in [3.63, 3.8) is 0 Å². The maximum absolute atomic E-state index is 5.49. The van der Waals surface area contributed by atoms with Gasteiger partial charge in [0.05, 0.1) is 71.5 Å². The lowest BCUT2D eigenvalue weighted by atomic mass is 10.1. The van der Waals surface area contributed by atoms with E-state index in [-0.39, 0.29) is 6.17 Å². The van der Waals surface area contributed by atoms with Gasteiger partial charge in [-0.2, -0.15) is 10.2 Å². The fraction of sp³-hybridized carbons (Fsp3) is 0.250. The van der Waals surface area contributed by atoms with Crippen LogP contribution < -0.4 is 10.0 Å². The second-order valence-corrected chi connectivity index (χ2v) is 16.2. The summed E-state index contributed by atoms with van der Waals surface area (Å²) in [6.07, 6.45) is 16.7. The van der Waals surface area contributed by atoms with E-state index in [1.165, 1.54) is 94.7 Å². The van der Waals surface area contributed by atoms with Crippen LogP contribution >= 0.6 is 0 Å². The normalized spacial score (nSPS) is 11.8. The summed E-state index contributed by atoms with van der Waals surface area (Å²) in [4.78, 5) is 0. The first-order chi connectivity index (χ1) is 31.7. The minimum atomic E-state index is 0.0244. The van der Waals surface area contributed by atoms with Crippen molar-refractivity contribution in [2.45, 2.75) is 64.5 Å². The Morgan fingerprint density at radius 3 is 1.39 bits per heavy atom. The van der Waals surface area contributed by atoms with E-state index in [1.54, 1.807) is 0 Å². The molecular weight excluding hydrogens is 789 g/mol. The predicted octanol–water partition coefficient (Wildman–Crippen LogP) is 14.1. The number of anilines is 2. The highest BCUT2D eigenvalue weighted by atomic mass is 16.5. The highest BCUT2D eigenvalue weighted by Crippen LogP contribution is 2.40. The largest absolute Gasteiger partial charge is 0.500 e. The van der Waals surface area contributed by atoms with E-state index in [4.69, 9.17) is 19.7 Å². The van der Waals surface area contributed by atoms with Gasteiger partial charge in [0.1, 0.15) is 19.4 Å². The van der Waals surface area contributed by atoms with Crippen molar-refractivity contribution in [2.24, 2.45) is 10.2 Å². The third-order valence-electron chi connectivity index (χ3n) is 12.0. The number of para-hydroxylation sites is 4. The molecule has 0 aliphatic carbocycles. The molecule has 8 rings (SSSR count). The molecule has 0 aliphatic rings. The molecule has 2 aromatic heterocycles. The Morgan fingerprint density at radius 2 is 0.922 bits per heavy atom. The van der Waals surface area contributed by atoms with Crippen molar-refractivity contribution < 1.29 is 9.47 Å².